The molecular weight excluding hydrogens is 278 g/mol. The van der Waals surface area contributed by atoms with Crippen molar-refractivity contribution in [3.8, 4) is 0 Å². The van der Waals surface area contributed by atoms with Crippen molar-refractivity contribution >= 4 is 29.2 Å². The molecule has 0 aliphatic heterocycles. The van der Waals surface area contributed by atoms with Crippen LogP contribution in [0.25, 0.3) is 0 Å². The standard InChI is InChI=1S/C14H20ClN3O2/c1-8(2)9(3)17-14(20)18-12-7-10(13(19)16-4)5-6-11(12)15/h5-9H,1-4H3,(H,16,19)(H2,17,18,20). The summed E-state index contributed by atoms with van der Waals surface area (Å²) in [7, 11) is 1.54. The highest BCUT2D eigenvalue weighted by Gasteiger charge is 2.13. The molecule has 3 N–H and O–H groups in total. The van der Waals surface area contributed by atoms with Crippen LogP contribution in [0.4, 0.5) is 10.5 Å². The third-order valence-corrected chi connectivity index (χ3v) is 3.39. The number of halogens is 1. The summed E-state index contributed by atoms with van der Waals surface area (Å²) < 4.78 is 0. The van der Waals surface area contributed by atoms with Crippen LogP contribution in [0.5, 0.6) is 0 Å². The lowest BCUT2D eigenvalue weighted by Gasteiger charge is -2.18. The van der Waals surface area contributed by atoms with Gasteiger partial charge in [0.25, 0.3) is 5.91 Å². The molecule has 0 aliphatic rings. The number of benzene rings is 1. The summed E-state index contributed by atoms with van der Waals surface area (Å²) in [4.78, 5) is 23.4. The minimum atomic E-state index is -0.345. The van der Waals surface area contributed by atoms with Crippen molar-refractivity contribution in [1.29, 1.82) is 0 Å². The molecule has 6 heteroatoms. The Morgan fingerprint density at radius 2 is 1.85 bits per heavy atom. The van der Waals surface area contributed by atoms with Gasteiger partial charge in [0.15, 0.2) is 0 Å². The van der Waals surface area contributed by atoms with Crippen LogP contribution in [0, 0.1) is 5.92 Å². The number of rotatable bonds is 4. The number of carbonyl (C=O) groups is 2. The van der Waals surface area contributed by atoms with E-state index < -0.39 is 0 Å². The van der Waals surface area contributed by atoms with Gasteiger partial charge in [-0.25, -0.2) is 4.79 Å². The second-order valence-corrected chi connectivity index (χ2v) is 5.31. The summed E-state index contributed by atoms with van der Waals surface area (Å²) in [5, 5.41) is 8.36. The molecule has 3 amide bonds. The molecule has 1 atom stereocenters. The fourth-order valence-electron chi connectivity index (χ4n) is 1.44. The Balaban J connectivity index is 2.81. The number of nitrogens with one attached hydrogen (secondary N) is 3. The molecule has 5 nitrogen and oxygen atoms in total. The molecule has 0 heterocycles. The van der Waals surface area contributed by atoms with Crippen molar-refractivity contribution in [1.82, 2.24) is 10.6 Å². The average Bonchev–Trinajstić information content (AvgIpc) is 2.40. The highest BCUT2D eigenvalue weighted by atomic mass is 35.5. The van der Waals surface area contributed by atoms with Gasteiger partial charge < -0.3 is 16.0 Å². The van der Waals surface area contributed by atoms with E-state index in [1.54, 1.807) is 25.2 Å². The lowest BCUT2D eigenvalue weighted by atomic mass is 10.1. The number of amides is 3. The van der Waals surface area contributed by atoms with Crippen LogP contribution in [0.2, 0.25) is 5.02 Å². The monoisotopic (exact) mass is 297 g/mol. The van der Waals surface area contributed by atoms with Crippen molar-refractivity contribution in [2.24, 2.45) is 5.92 Å². The zero-order valence-electron chi connectivity index (χ0n) is 12.1. The Kier molecular flexibility index (Phi) is 5.82. The van der Waals surface area contributed by atoms with Gasteiger partial charge >= 0.3 is 6.03 Å². The minimum Gasteiger partial charge on any atom is -0.355 e. The van der Waals surface area contributed by atoms with E-state index in [0.717, 1.165) is 0 Å². The zero-order chi connectivity index (χ0) is 15.3. The lowest BCUT2D eigenvalue weighted by molar-refractivity contribution is 0.0963. The predicted octanol–water partition coefficient (Wildman–Crippen LogP) is 2.87. The molecule has 0 saturated carbocycles. The molecule has 0 aliphatic carbocycles. The maximum atomic E-state index is 11.8. The Morgan fingerprint density at radius 1 is 1.20 bits per heavy atom. The lowest BCUT2D eigenvalue weighted by Crippen LogP contribution is -2.39. The highest BCUT2D eigenvalue weighted by molar-refractivity contribution is 6.33. The first-order valence-electron chi connectivity index (χ1n) is 6.44. The fraction of sp³-hybridized carbons (Fsp3) is 0.429. The molecule has 1 aromatic rings. The summed E-state index contributed by atoms with van der Waals surface area (Å²) >= 11 is 6.01. The van der Waals surface area contributed by atoms with Gasteiger partial charge in [0, 0.05) is 18.7 Å². The van der Waals surface area contributed by atoms with Gasteiger partial charge in [-0.1, -0.05) is 25.4 Å². The normalized spacial score (nSPS) is 11.9. The van der Waals surface area contributed by atoms with E-state index >= 15 is 0 Å². The van der Waals surface area contributed by atoms with Gasteiger partial charge in [0.05, 0.1) is 10.7 Å². The van der Waals surface area contributed by atoms with Crippen molar-refractivity contribution in [3.05, 3.63) is 28.8 Å². The third kappa shape index (κ3) is 4.42. The first-order valence-corrected chi connectivity index (χ1v) is 6.82. The third-order valence-electron chi connectivity index (χ3n) is 3.06. The second kappa shape index (κ2) is 7.14. The minimum absolute atomic E-state index is 0.0379. The van der Waals surface area contributed by atoms with E-state index in [1.165, 1.54) is 0 Å². The average molecular weight is 298 g/mol. The molecule has 0 spiro atoms. The molecule has 0 fully saturated rings. The van der Waals surface area contributed by atoms with Crippen LogP contribution in [0.3, 0.4) is 0 Å². The molecule has 0 bridgehead atoms. The first kappa shape index (κ1) is 16.3. The Morgan fingerprint density at radius 3 is 2.40 bits per heavy atom. The van der Waals surface area contributed by atoms with E-state index in [-0.39, 0.29) is 18.0 Å². The summed E-state index contributed by atoms with van der Waals surface area (Å²) in [6.07, 6.45) is 0. The van der Waals surface area contributed by atoms with E-state index in [9.17, 15) is 9.59 Å². The second-order valence-electron chi connectivity index (χ2n) is 4.90. The number of hydrogen-bond donors (Lipinski definition) is 3. The quantitative estimate of drug-likeness (QED) is 0.800. The summed E-state index contributed by atoms with van der Waals surface area (Å²) in [5.74, 6) is 0.0918. The maximum absolute atomic E-state index is 11.8. The number of anilines is 1. The molecule has 1 aromatic carbocycles. The first-order chi connectivity index (χ1) is 9.35. The Hall–Kier alpha value is -1.75. The zero-order valence-corrected chi connectivity index (χ0v) is 12.8. The number of hydrogen-bond acceptors (Lipinski definition) is 2. The van der Waals surface area contributed by atoms with E-state index in [4.69, 9.17) is 11.6 Å². The van der Waals surface area contributed by atoms with Gasteiger partial charge in [-0.3, -0.25) is 4.79 Å². The van der Waals surface area contributed by atoms with Gasteiger partial charge in [-0.15, -0.1) is 0 Å². The molecule has 20 heavy (non-hydrogen) atoms. The largest absolute Gasteiger partial charge is 0.355 e. The van der Waals surface area contributed by atoms with Crippen molar-refractivity contribution in [3.63, 3.8) is 0 Å². The molecule has 0 aromatic heterocycles. The molecular formula is C14H20ClN3O2. The van der Waals surface area contributed by atoms with Gasteiger partial charge in [-0.2, -0.15) is 0 Å². The number of carbonyl (C=O) groups excluding carboxylic acids is 2. The van der Waals surface area contributed by atoms with Crippen molar-refractivity contribution in [2.75, 3.05) is 12.4 Å². The summed E-state index contributed by atoms with van der Waals surface area (Å²) in [5.41, 5.74) is 0.838. The van der Waals surface area contributed by atoms with Crippen LogP contribution in [0.1, 0.15) is 31.1 Å². The van der Waals surface area contributed by atoms with Crippen molar-refractivity contribution in [2.45, 2.75) is 26.8 Å². The number of urea groups is 1. The highest BCUT2D eigenvalue weighted by Crippen LogP contribution is 2.23. The van der Waals surface area contributed by atoms with Crippen LogP contribution in [0.15, 0.2) is 18.2 Å². The summed E-state index contributed by atoms with van der Waals surface area (Å²) in [6, 6.07) is 4.41. The smallest absolute Gasteiger partial charge is 0.319 e. The van der Waals surface area contributed by atoms with Gasteiger partial charge in [-0.05, 0) is 31.0 Å². The molecule has 1 rings (SSSR count). The van der Waals surface area contributed by atoms with Crippen molar-refractivity contribution < 1.29 is 9.59 Å². The van der Waals surface area contributed by atoms with Crippen LogP contribution in [-0.4, -0.2) is 25.0 Å². The van der Waals surface area contributed by atoms with Gasteiger partial charge in [0.1, 0.15) is 0 Å². The molecule has 1 unspecified atom stereocenters. The molecule has 110 valence electrons. The Bertz CT molecular complexity index is 503. The van der Waals surface area contributed by atoms with Gasteiger partial charge in [0.2, 0.25) is 0 Å². The molecule has 0 radical (unpaired) electrons. The topological polar surface area (TPSA) is 70.2 Å². The van der Waals surface area contributed by atoms with Crippen LogP contribution < -0.4 is 16.0 Å². The van der Waals surface area contributed by atoms with Crippen LogP contribution >= 0.6 is 11.6 Å². The van der Waals surface area contributed by atoms with E-state index in [0.29, 0.717) is 22.2 Å². The Labute approximate surface area is 124 Å². The fourth-order valence-corrected chi connectivity index (χ4v) is 1.60. The van der Waals surface area contributed by atoms with E-state index in [1.807, 2.05) is 20.8 Å². The summed E-state index contributed by atoms with van der Waals surface area (Å²) in [6.45, 7) is 5.96. The van der Waals surface area contributed by atoms with E-state index in [2.05, 4.69) is 16.0 Å². The maximum Gasteiger partial charge on any atom is 0.319 e. The van der Waals surface area contributed by atoms with Crippen LogP contribution in [-0.2, 0) is 0 Å². The predicted molar refractivity (Wildman–Crippen MR) is 81.3 cm³/mol. The SMILES string of the molecule is CNC(=O)c1ccc(Cl)c(NC(=O)NC(C)C(C)C)c1. The molecule has 0 saturated heterocycles.